The Bertz CT molecular complexity index is 336. The van der Waals surface area contributed by atoms with Crippen LogP contribution >= 0.6 is 0 Å². The Morgan fingerprint density at radius 3 is 1.90 bits per heavy atom. The van der Waals surface area contributed by atoms with Gasteiger partial charge in [-0.25, -0.2) is 0 Å². The summed E-state index contributed by atoms with van der Waals surface area (Å²) >= 11 is 0. The summed E-state index contributed by atoms with van der Waals surface area (Å²) < 4.78 is 0. The summed E-state index contributed by atoms with van der Waals surface area (Å²) in [5.41, 5.74) is 0.259. The van der Waals surface area contributed by atoms with Crippen molar-refractivity contribution < 1.29 is 5.11 Å². The van der Waals surface area contributed by atoms with Crippen molar-refractivity contribution in [1.29, 1.82) is 0 Å². The fraction of sp³-hybridized carbons (Fsp3) is 1.00. The minimum atomic E-state index is -0.364. The van der Waals surface area contributed by atoms with Crippen molar-refractivity contribution in [2.45, 2.75) is 69.8 Å². The maximum atomic E-state index is 10.6. The van der Waals surface area contributed by atoms with Crippen LogP contribution in [0, 0.1) is 23.2 Å². The van der Waals surface area contributed by atoms with Gasteiger partial charge in [0.2, 0.25) is 0 Å². The quantitative estimate of drug-likeness (QED) is 0.851. The van der Waals surface area contributed by atoms with Crippen molar-refractivity contribution in [1.82, 2.24) is 4.90 Å². The maximum absolute atomic E-state index is 10.6. The monoisotopic (exact) mass is 277 g/mol. The second-order valence-corrected chi connectivity index (χ2v) is 9.02. The topological polar surface area (TPSA) is 23.5 Å². The Kier molecular flexibility index (Phi) is 3.20. The molecule has 5 aliphatic carbocycles. The first-order chi connectivity index (χ1) is 9.54. The molecule has 1 N–H and O–H groups in total. The van der Waals surface area contributed by atoms with Crippen LogP contribution in [-0.2, 0) is 0 Å². The average Bonchev–Trinajstić information content (AvgIpc) is 2.72. The minimum Gasteiger partial charge on any atom is -0.389 e. The second-order valence-electron chi connectivity index (χ2n) is 9.02. The Labute approximate surface area is 123 Å². The van der Waals surface area contributed by atoms with Gasteiger partial charge in [0.15, 0.2) is 0 Å². The molecule has 114 valence electrons. The third kappa shape index (κ3) is 2.43. The third-order valence-corrected chi connectivity index (χ3v) is 6.87. The van der Waals surface area contributed by atoms with Crippen LogP contribution in [0.4, 0.5) is 0 Å². The van der Waals surface area contributed by atoms with Crippen LogP contribution in [0.15, 0.2) is 0 Å². The molecular weight excluding hydrogens is 246 g/mol. The molecule has 0 aromatic carbocycles. The maximum Gasteiger partial charge on any atom is 0.0774 e. The van der Waals surface area contributed by atoms with Crippen LogP contribution < -0.4 is 0 Å². The van der Waals surface area contributed by atoms with E-state index in [9.17, 15) is 5.11 Å². The number of hydrogen-bond donors (Lipinski definition) is 1. The highest BCUT2D eigenvalue weighted by Gasteiger charge is 2.51. The molecule has 4 bridgehead atoms. The molecular formula is C18H31NO. The molecule has 0 unspecified atom stereocenters. The van der Waals surface area contributed by atoms with Crippen LogP contribution in [0.25, 0.3) is 0 Å². The lowest BCUT2D eigenvalue weighted by atomic mass is 9.49. The molecule has 0 radical (unpaired) electrons. The Balaban J connectivity index is 1.41. The molecule has 2 nitrogen and oxygen atoms in total. The zero-order valence-electron chi connectivity index (χ0n) is 13.1. The highest BCUT2D eigenvalue weighted by atomic mass is 16.3. The summed E-state index contributed by atoms with van der Waals surface area (Å²) in [7, 11) is 2.26. The Hall–Kier alpha value is -0.0800. The van der Waals surface area contributed by atoms with E-state index >= 15 is 0 Å². The Morgan fingerprint density at radius 2 is 1.40 bits per heavy atom. The number of likely N-dealkylation sites (N-methyl/N-ethyl adjacent to an activating group) is 1. The van der Waals surface area contributed by atoms with Crippen molar-refractivity contribution in [2.75, 3.05) is 20.1 Å². The van der Waals surface area contributed by atoms with E-state index in [-0.39, 0.29) is 5.60 Å². The molecule has 5 saturated carbocycles. The molecule has 0 amide bonds. The summed E-state index contributed by atoms with van der Waals surface area (Å²) in [5, 5.41) is 10.6. The van der Waals surface area contributed by atoms with Gasteiger partial charge >= 0.3 is 0 Å². The molecule has 0 atom stereocenters. The van der Waals surface area contributed by atoms with Crippen molar-refractivity contribution in [3.63, 3.8) is 0 Å². The van der Waals surface area contributed by atoms with Crippen LogP contribution in [-0.4, -0.2) is 35.7 Å². The van der Waals surface area contributed by atoms with E-state index in [1.165, 1.54) is 57.9 Å². The molecule has 0 spiro atoms. The zero-order valence-corrected chi connectivity index (χ0v) is 13.1. The number of hydrogen-bond acceptors (Lipinski definition) is 2. The van der Waals surface area contributed by atoms with Gasteiger partial charge in [-0.3, -0.25) is 0 Å². The summed E-state index contributed by atoms with van der Waals surface area (Å²) in [6.45, 7) is 2.16. The van der Waals surface area contributed by atoms with E-state index in [0.717, 1.165) is 37.1 Å². The molecule has 20 heavy (non-hydrogen) atoms. The standard InChI is InChI=1S/C18H31NO/c1-19(13-18(20)4-2-3-5-18)12-17-9-14-6-15(10-17)8-16(7-14)11-17/h14-16,20H,2-13H2,1H3. The molecule has 5 rings (SSSR count). The smallest absolute Gasteiger partial charge is 0.0774 e. The average molecular weight is 277 g/mol. The van der Waals surface area contributed by atoms with Crippen LogP contribution in [0.3, 0.4) is 0 Å². The summed E-state index contributed by atoms with van der Waals surface area (Å²) in [6.07, 6.45) is 13.6. The Morgan fingerprint density at radius 1 is 0.900 bits per heavy atom. The van der Waals surface area contributed by atoms with Crippen molar-refractivity contribution in [3.05, 3.63) is 0 Å². The molecule has 0 aromatic heterocycles. The van der Waals surface area contributed by atoms with Gasteiger partial charge in [0.25, 0.3) is 0 Å². The van der Waals surface area contributed by atoms with Gasteiger partial charge in [-0.15, -0.1) is 0 Å². The van der Waals surface area contributed by atoms with Gasteiger partial charge < -0.3 is 10.0 Å². The molecule has 5 fully saturated rings. The highest BCUT2D eigenvalue weighted by Crippen LogP contribution is 2.60. The molecule has 2 heteroatoms. The largest absolute Gasteiger partial charge is 0.389 e. The van der Waals surface area contributed by atoms with E-state index in [0.29, 0.717) is 5.41 Å². The first kappa shape index (κ1) is 13.6. The predicted octanol–water partition coefficient (Wildman–Crippen LogP) is 3.44. The minimum absolute atomic E-state index is 0.364. The summed E-state index contributed by atoms with van der Waals surface area (Å²) in [5.74, 6) is 3.14. The summed E-state index contributed by atoms with van der Waals surface area (Å²) in [4.78, 5) is 2.48. The lowest BCUT2D eigenvalue weighted by Gasteiger charge is -2.58. The van der Waals surface area contributed by atoms with Gasteiger partial charge in [0, 0.05) is 13.1 Å². The van der Waals surface area contributed by atoms with Gasteiger partial charge in [-0.2, -0.15) is 0 Å². The molecule has 0 aromatic rings. The van der Waals surface area contributed by atoms with E-state index in [4.69, 9.17) is 0 Å². The van der Waals surface area contributed by atoms with Crippen molar-refractivity contribution >= 4 is 0 Å². The van der Waals surface area contributed by atoms with Crippen LogP contribution in [0.2, 0.25) is 0 Å². The molecule has 0 heterocycles. The number of nitrogens with zero attached hydrogens (tertiary/aromatic N) is 1. The molecule has 0 saturated heterocycles. The SMILES string of the molecule is CN(CC1(O)CCCC1)CC12CC3CC(CC(C3)C1)C2. The van der Waals surface area contributed by atoms with E-state index < -0.39 is 0 Å². The number of aliphatic hydroxyl groups is 1. The first-order valence-corrected chi connectivity index (χ1v) is 8.95. The van der Waals surface area contributed by atoms with Crippen molar-refractivity contribution in [2.24, 2.45) is 23.2 Å². The van der Waals surface area contributed by atoms with Crippen LogP contribution in [0.5, 0.6) is 0 Å². The van der Waals surface area contributed by atoms with Gasteiger partial charge in [0.1, 0.15) is 0 Å². The molecule has 5 aliphatic rings. The summed E-state index contributed by atoms with van der Waals surface area (Å²) in [6, 6.07) is 0. The first-order valence-electron chi connectivity index (χ1n) is 8.95. The normalized spacial score (nSPS) is 45.5. The number of rotatable bonds is 4. The second kappa shape index (κ2) is 4.71. The highest BCUT2D eigenvalue weighted by molar-refractivity contribution is 5.02. The fourth-order valence-electron chi connectivity index (χ4n) is 6.81. The van der Waals surface area contributed by atoms with Gasteiger partial charge in [-0.1, -0.05) is 12.8 Å². The zero-order chi connectivity index (χ0) is 13.8. The van der Waals surface area contributed by atoms with Crippen LogP contribution in [0.1, 0.15) is 64.2 Å². The van der Waals surface area contributed by atoms with E-state index in [2.05, 4.69) is 11.9 Å². The van der Waals surface area contributed by atoms with Gasteiger partial charge in [0.05, 0.1) is 5.60 Å². The van der Waals surface area contributed by atoms with E-state index in [1.54, 1.807) is 0 Å². The third-order valence-electron chi connectivity index (χ3n) is 6.87. The molecule has 0 aliphatic heterocycles. The van der Waals surface area contributed by atoms with E-state index in [1.807, 2.05) is 0 Å². The lowest BCUT2D eigenvalue weighted by molar-refractivity contribution is -0.0760. The van der Waals surface area contributed by atoms with Gasteiger partial charge in [-0.05, 0) is 81.6 Å². The predicted molar refractivity (Wildman–Crippen MR) is 81.5 cm³/mol. The van der Waals surface area contributed by atoms with Crippen molar-refractivity contribution in [3.8, 4) is 0 Å². The lowest BCUT2D eigenvalue weighted by Crippen LogP contribution is -2.52. The fourth-order valence-corrected chi connectivity index (χ4v) is 6.81.